The Morgan fingerprint density at radius 2 is 1.35 bits per heavy atom. The van der Waals surface area contributed by atoms with Crippen molar-refractivity contribution in [3.63, 3.8) is 0 Å². The number of anilines is 2. The quantitative estimate of drug-likeness (QED) is 0.534. The van der Waals surface area contributed by atoms with Crippen LogP contribution in [0.15, 0.2) is 54.6 Å². The van der Waals surface area contributed by atoms with Gasteiger partial charge in [0, 0.05) is 5.56 Å². The minimum atomic E-state index is -1.11. The van der Waals surface area contributed by atoms with Gasteiger partial charge in [-0.3, -0.25) is 0 Å². The highest BCUT2D eigenvalue weighted by Crippen LogP contribution is 2.15. The lowest BCUT2D eigenvalue weighted by atomic mass is 10.2. The van der Waals surface area contributed by atoms with Crippen LogP contribution in [-0.2, 0) is 4.79 Å². The maximum Gasteiger partial charge on any atom is 0.339 e. The number of carboxylic acids is 1. The van der Waals surface area contributed by atoms with Crippen molar-refractivity contribution in [2.75, 3.05) is 11.5 Å². The minimum Gasteiger partial charge on any atom is -0.507 e. The van der Waals surface area contributed by atoms with E-state index in [1.807, 2.05) is 37.1 Å². The molecule has 0 atom stereocenters. The third-order valence-electron chi connectivity index (χ3n) is 2.84. The second kappa shape index (κ2) is 9.98. The summed E-state index contributed by atoms with van der Waals surface area (Å²) in [6, 6.07) is 15.3. The van der Waals surface area contributed by atoms with Crippen molar-refractivity contribution >= 4 is 24.7 Å². The maximum atomic E-state index is 10.3. The lowest BCUT2D eigenvalue weighted by molar-refractivity contribution is -0.0980. The van der Waals surface area contributed by atoms with Crippen LogP contribution in [0, 0.1) is 0 Å². The fourth-order valence-electron chi connectivity index (χ4n) is 1.78. The van der Waals surface area contributed by atoms with Crippen LogP contribution in [0.25, 0.3) is 11.4 Å². The number of rotatable bonds is 2. The van der Waals surface area contributed by atoms with E-state index in [1.54, 1.807) is 12.1 Å². The molecule has 0 radical (unpaired) electrons. The van der Waals surface area contributed by atoms with Gasteiger partial charge < -0.3 is 26.5 Å². The van der Waals surface area contributed by atoms with E-state index >= 15 is 0 Å². The third-order valence-corrected chi connectivity index (χ3v) is 2.84. The van der Waals surface area contributed by atoms with Gasteiger partial charge >= 0.3 is 5.97 Å². The molecule has 6 N–H and O–H groups in total. The Morgan fingerprint density at radius 1 is 0.846 bits per heavy atom. The van der Waals surface area contributed by atoms with E-state index in [1.165, 1.54) is 12.1 Å². The molecule has 3 rings (SSSR count). The zero-order valence-electron chi connectivity index (χ0n) is 13.6. The molecular formula is C17H17N5O4. The van der Waals surface area contributed by atoms with Crippen LogP contribution in [0.1, 0.15) is 10.4 Å². The first kappa shape index (κ1) is 20.0. The highest BCUT2D eigenvalue weighted by molar-refractivity contribution is 5.90. The summed E-state index contributed by atoms with van der Waals surface area (Å²) in [6.45, 7) is 2.00. The molecule has 0 bridgehead atoms. The van der Waals surface area contributed by atoms with Gasteiger partial charge in [0.2, 0.25) is 11.9 Å². The number of phenols is 1. The van der Waals surface area contributed by atoms with Gasteiger partial charge in [-0.2, -0.15) is 15.0 Å². The number of carboxylic acid groups (broad SMARTS) is 1. The van der Waals surface area contributed by atoms with Gasteiger partial charge in [0.15, 0.2) is 5.82 Å². The number of nitrogen functional groups attached to an aromatic ring is 2. The predicted octanol–water partition coefficient (Wildman–Crippen LogP) is 1.61. The second-order valence-corrected chi connectivity index (χ2v) is 4.56. The normalized spacial score (nSPS) is 9.08. The maximum absolute atomic E-state index is 10.3. The molecule has 0 saturated heterocycles. The number of hydrogen-bond acceptors (Lipinski definition) is 8. The van der Waals surface area contributed by atoms with Crippen LogP contribution in [0.4, 0.5) is 11.9 Å². The fraction of sp³-hybridized carbons (Fsp3) is 0. The Morgan fingerprint density at radius 3 is 1.81 bits per heavy atom. The molecule has 9 nitrogen and oxygen atoms in total. The van der Waals surface area contributed by atoms with E-state index in [0.29, 0.717) is 5.82 Å². The molecule has 0 fully saturated rings. The number of para-hydroxylation sites is 1. The van der Waals surface area contributed by atoms with Crippen molar-refractivity contribution < 1.29 is 19.8 Å². The van der Waals surface area contributed by atoms with E-state index < -0.39 is 5.97 Å². The van der Waals surface area contributed by atoms with Crippen molar-refractivity contribution in [1.29, 1.82) is 0 Å². The van der Waals surface area contributed by atoms with E-state index in [4.69, 9.17) is 26.5 Å². The van der Waals surface area contributed by atoms with Crippen molar-refractivity contribution in [3.05, 3.63) is 60.2 Å². The summed E-state index contributed by atoms with van der Waals surface area (Å²) in [7, 11) is 0. The minimum absolute atomic E-state index is 0.0671. The Hall–Kier alpha value is -4.01. The first-order chi connectivity index (χ1) is 12.5. The Bertz CT molecular complexity index is 839. The van der Waals surface area contributed by atoms with Crippen molar-refractivity contribution in [3.8, 4) is 17.1 Å². The molecule has 0 spiro atoms. The number of aromatic carboxylic acids is 1. The molecule has 0 amide bonds. The SMILES string of the molecule is C=O.Nc1nc(N)nc(-c2ccccc2)n1.O=C(O)c1ccccc1O. The summed E-state index contributed by atoms with van der Waals surface area (Å²) in [5.41, 5.74) is 11.7. The standard InChI is InChI=1S/C9H9N5.C7H6O3.CH2O/c10-8-12-7(13-9(11)14-8)6-4-2-1-3-5-6;8-6-4-2-1-3-5(6)7(9)10;1-2/h1-5H,(H4,10,11,12,13,14);1-4,8H,(H,9,10);1H2. The summed E-state index contributed by atoms with van der Waals surface area (Å²) >= 11 is 0. The predicted molar refractivity (Wildman–Crippen MR) is 96.3 cm³/mol. The number of aromatic nitrogens is 3. The highest BCUT2D eigenvalue weighted by atomic mass is 16.4. The summed E-state index contributed by atoms with van der Waals surface area (Å²) in [4.78, 5) is 29.9. The molecule has 3 aromatic rings. The number of carbonyl (C=O) groups excluding carboxylic acids is 1. The van der Waals surface area contributed by atoms with Gasteiger partial charge in [-0.25, -0.2) is 4.79 Å². The zero-order valence-corrected chi connectivity index (χ0v) is 13.6. The second-order valence-electron chi connectivity index (χ2n) is 4.56. The fourth-order valence-corrected chi connectivity index (χ4v) is 1.78. The summed E-state index contributed by atoms with van der Waals surface area (Å²) in [5.74, 6) is -0.545. The van der Waals surface area contributed by atoms with Crippen LogP contribution in [0.5, 0.6) is 5.75 Å². The number of aromatic hydroxyl groups is 1. The number of benzene rings is 2. The molecule has 0 saturated carbocycles. The first-order valence-electron chi connectivity index (χ1n) is 7.10. The molecule has 9 heteroatoms. The Balaban J connectivity index is 0.000000249. The number of carbonyl (C=O) groups is 2. The number of nitrogens with two attached hydrogens (primary N) is 2. The summed E-state index contributed by atoms with van der Waals surface area (Å²) < 4.78 is 0. The molecule has 1 heterocycles. The molecule has 1 aromatic heterocycles. The topological polar surface area (TPSA) is 165 Å². The van der Waals surface area contributed by atoms with E-state index in [2.05, 4.69) is 15.0 Å². The molecule has 134 valence electrons. The molecule has 0 aliphatic rings. The average Bonchev–Trinajstić information content (AvgIpc) is 2.64. The average molecular weight is 355 g/mol. The van der Waals surface area contributed by atoms with E-state index in [0.717, 1.165) is 5.56 Å². The molecule has 0 aliphatic heterocycles. The van der Waals surface area contributed by atoms with Gasteiger partial charge in [-0.1, -0.05) is 42.5 Å². The molecule has 2 aromatic carbocycles. The lowest BCUT2D eigenvalue weighted by Gasteiger charge is -2.00. The Kier molecular flexibility index (Phi) is 7.69. The van der Waals surface area contributed by atoms with E-state index in [9.17, 15) is 4.79 Å². The van der Waals surface area contributed by atoms with Gasteiger partial charge in [0.1, 0.15) is 18.1 Å². The van der Waals surface area contributed by atoms with Crippen LogP contribution in [0.3, 0.4) is 0 Å². The van der Waals surface area contributed by atoms with Crippen LogP contribution in [-0.4, -0.2) is 37.9 Å². The summed E-state index contributed by atoms with van der Waals surface area (Å²) in [5, 5.41) is 17.3. The Labute approximate surface area is 149 Å². The molecule has 0 unspecified atom stereocenters. The summed E-state index contributed by atoms with van der Waals surface area (Å²) in [6.07, 6.45) is 0. The van der Waals surface area contributed by atoms with Gasteiger partial charge in [-0.15, -0.1) is 0 Å². The van der Waals surface area contributed by atoms with Crippen molar-refractivity contribution in [2.45, 2.75) is 0 Å². The number of hydrogen-bond donors (Lipinski definition) is 4. The molecule has 0 aliphatic carbocycles. The lowest BCUT2D eigenvalue weighted by Crippen LogP contribution is -2.04. The van der Waals surface area contributed by atoms with Crippen LogP contribution >= 0.6 is 0 Å². The van der Waals surface area contributed by atoms with Gasteiger partial charge in [0.05, 0.1) is 0 Å². The van der Waals surface area contributed by atoms with Crippen LogP contribution < -0.4 is 11.5 Å². The van der Waals surface area contributed by atoms with Gasteiger partial charge in [-0.05, 0) is 12.1 Å². The first-order valence-corrected chi connectivity index (χ1v) is 7.10. The smallest absolute Gasteiger partial charge is 0.339 e. The third kappa shape index (κ3) is 5.89. The largest absolute Gasteiger partial charge is 0.507 e. The van der Waals surface area contributed by atoms with Gasteiger partial charge in [0.25, 0.3) is 0 Å². The van der Waals surface area contributed by atoms with Crippen LogP contribution in [0.2, 0.25) is 0 Å². The zero-order chi connectivity index (χ0) is 19.5. The van der Waals surface area contributed by atoms with Crippen molar-refractivity contribution in [2.24, 2.45) is 0 Å². The highest BCUT2D eigenvalue weighted by Gasteiger charge is 2.05. The van der Waals surface area contributed by atoms with E-state index in [-0.39, 0.29) is 23.2 Å². The number of nitrogens with zero attached hydrogens (tertiary/aromatic N) is 3. The monoisotopic (exact) mass is 355 g/mol. The van der Waals surface area contributed by atoms with Crippen molar-refractivity contribution in [1.82, 2.24) is 15.0 Å². The molecule has 26 heavy (non-hydrogen) atoms. The molecular weight excluding hydrogens is 338 g/mol.